The molecule has 0 aliphatic rings. The zero-order chi connectivity index (χ0) is 10.6. The van der Waals surface area contributed by atoms with Gasteiger partial charge in [-0.2, -0.15) is 14.7 Å². The molecule has 0 atom stereocenters. The normalized spacial score (nSPS) is 11.5. The van der Waals surface area contributed by atoms with Crippen LogP contribution in [-0.2, 0) is 16.6 Å². The van der Waals surface area contributed by atoms with E-state index in [1.165, 1.54) is 7.05 Å². The van der Waals surface area contributed by atoms with Crippen molar-refractivity contribution in [1.29, 1.82) is 5.26 Å². The van der Waals surface area contributed by atoms with E-state index in [1.54, 1.807) is 18.5 Å². The standard InChI is InChI=1S/C7H10N4O2S/c1-11(14(12,13)3-2-8)6-7-4-9-10-5-7/h4-5H,3,6H2,1H3,(H,9,10). The lowest BCUT2D eigenvalue weighted by Gasteiger charge is -2.13. The number of hydrogen-bond donors (Lipinski definition) is 1. The molecule has 1 aromatic heterocycles. The number of aromatic amines is 1. The summed E-state index contributed by atoms with van der Waals surface area (Å²) in [4.78, 5) is 0. The van der Waals surface area contributed by atoms with Gasteiger partial charge in [-0.1, -0.05) is 0 Å². The molecule has 0 bridgehead atoms. The van der Waals surface area contributed by atoms with Crippen LogP contribution in [0.1, 0.15) is 5.56 Å². The van der Waals surface area contributed by atoms with E-state index in [1.807, 2.05) is 0 Å². The predicted octanol–water partition coefficient (Wildman–Crippen LogP) is -0.305. The lowest BCUT2D eigenvalue weighted by Crippen LogP contribution is -2.28. The second kappa shape index (κ2) is 4.21. The van der Waals surface area contributed by atoms with Gasteiger partial charge in [-0.3, -0.25) is 5.10 Å². The summed E-state index contributed by atoms with van der Waals surface area (Å²) < 4.78 is 23.8. The molecule has 0 aliphatic heterocycles. The molecule has 0 spiro atoms. The third-order valence-corrected chi connectivity index (χ3v) is 3.25. The van der Waals surface area contributed by atoms with Crippen molar-refractivity contribution < 1.29 is 8.42 Å². The minimum atomic E-state index is -3.46. The van der Waals surface area contributed by atoms with Gasteiger partial charge in [0.05, 0.1) is 12.3 Å². The second-order valence-electron chi connectivity index (χ2n) is 2.78. The molecule has 1 N–H and O–H groups in total. The first-order valence-corrected chi connectivity index (χ1v) is 5.46. The van der Waals surface area contributed by atoms with Crippen molar-refractivity contribution in [3.8, 4) is 6.07 Å². The van der Waals surface area contributed by atoms with Gasteiger partial charge in [0, 0.05) is 25.4 Å². The van der Waals surface area contributed by atoms with Gasteiger partial charge < -0.3 is 0 Å². The van der Waals surface area contributed by atoms with E-state index in [2.05, 4.69) is 10.2 Å². The first-order chi connectivity index (χ1) is 6.56. The average Bonchev–Trinajstić information content (AvgIpc) is 2.56. The number of nitriles is 1. The molecule has 0 fully saturated rings. The van der Waals surface area contributed by atoms with Gasteiger partial charge in [-0.25, -0.2) is 8.42 Å². The second-order valence-corrected chi connectivity index (χ2v) is 4.85. The number of nitrogens with one attached hydrogen (secondary N) is 1. The van der Waals surface area contributed by atoms with Crippen LogP contribution in [0, 0.1) is 11.3 Å². The molecule has 0 aliphatic carbocycles. The molecule has 0 saturated heterocycles. The zero-order valence-corrected chi connectivity index (χ0v) is 8.45. The summed E-state index contributed by atoms with van der Waals surface area (Å²) in [6, 6.07) is 1.62. The summed E-state index contributed by atoms with van der Waals surface area (Å²) in [5.74, 6) is -0.499. The van der Waals surface area contributed by atoms with Gasteiger partial charge in [0.2, 0.25) is 10.0 Å². The molecule has 1 aromatic rings. The van der Waals surface area contributed by atoms with E-state index in [4.69, 9.17) is 5.26 Å². The molecular formula is C7H10N4O2S. The third kappa shape index (κ3) is 2.55. The van der Waals surface area contributed by atoms with E-state index >= 15 is 0 Å². The highest BCUT2D eigenvalue weighted by molar-refractivity contribution is 7.89. The van der Waals surface area contributed by atoms with E-state index in [-0.39, 0.29) is 6.54 Å². The lowest BCUT2D eigenvalue weighted by molar-refractivity contribution is 0.470. The number of rotatable bonds is 4. The molecule has 7 heteroatoms. The number of sulfonamides is 1. The zero-order valence-electron chi connectivity index (χ0n) is 7.64. The number of nitrogens with zero attached hydrogens (tertiary/aromatic N) is 3. The van der Waals surface area contributed by atoms with Crippen LogP contribution < -0.4 is 0 Å². The Morgan fingerprint density at radius 1 is 1.71 bits per heavy atom. The van der Waals surface area contributed by atoms with Crippen LogP contribution >= 0.6 is 0 Å². The van der Waals surface area contributed by atoms with Crippen LogP contribution in [0.4, 0.5) is 0 Å². The Hall–Kier alpha value is -1.39. The molecule has 1 heterocycles. The highest BCUT2D eigenvalue weighted by Gasteiger charge is 2.17. The minimum Gasteiger partial charge on any atom is -0.285 e. The summed E-state index contributed by atoms with van der Waals surface area (Å²) in [6.07, 6.45) is 3.15. The molecule has 6 nitrogen and oxygen atoms in total. The van der Waals surface area contributed by atoms with Crippen molar-refractivity contribution in [1.82, 2.24) is 14.5 Å². The van der Waals surface area contributed by atoms with Crippen molar-refractivity contribution in [2.24, 2.45) is 0 Å². The molecule has 0 aromatic carbocycles. The summed E-state index contributed by atoms with van der Waals surface area (Å²) in [7, 11) is -2.03. The quantitative estimate of drug-likeness (QED) is 0.744. The van der Waals surface area contributed by atoms with Gasteiger partial charge in [-0.05, 0) is 0 Å². The van der Waals surface area contributed by atoms with E-state index < -0.39 is 15.8 Å². The predicted molar refractivity (Wildman–Crippen MR) is 49.5 cm³/mol. The number of aromatic nitrogens is 2. The summed E-state index contributed by atoms with van der Waals surface area (Å²) in [5, 5.41) is 14.6. The third-order valence-electron chi connectivity index (χ3n) is 1.68. The topological polar surface area (TPSA) is 89.8 Å². The van der Waals surface area contributed by atoms with Crippen molar-refractivity contribution in [2.45, 2.75) is 6.54 Å². The average molecular weight is 214 g/mol. The summed E-state index contributed by atoms with van der Waals surface area (Å²) >= 11 is 0. The van der Waals surface area contributed by atoms with Gasteiger partial charge in [0.25, 0.3) is 0 Å². The monoisotopic (exact) mass is 214 g/mol. The van der Waals surface area contributed by atoms with Crippen LogP contribution in [-0.4, -0.2) is 35.7 Å². The molecular weight excluding hydrogens is 204 g/mol. The first kappa shape index (κ1) is 10.7. The Balaban J connectivity index is 2.68. The van der Waals surface area contributed by atoms with Gasteiger partial charge in [-0.15, -0.1) is 0 Å². The molecule has 0 radical (unpaired) electrons. The molecule has 0 unspecified atom stereocenters. The first-order valence-electron chi connectivity index (χ1n) is 3.85. The molecule has 14 heavy (non-hydrogen) atoms. The summed E-state index contributed by atoms with van der Waals surface area (Å²) in [5.41, 5.74) is 0.758. The number of hydrogen-bond acceptors (Lipinski definition) is 4. The van der Waals surface area contributed by atoms with Crippen molar-refractivity contribution >= 4 is 10.0 Å². The Morgan fingerprint density at radius 3 is 2.93 bits per heavy atom. The van der Waals surface area contributed by atoms with Crippen molar-refractivity contribution in [3.63, 3.8) is 0 Å². The van der Waals surface area contributed by atoms with Gasteiger partial charge in [0.1, 0.15) is 0 Å². The fourth-order valence-corrected chi connectivity index (χ4v) is 1.64. The fourth-order valence-electron chi connectivity index (χ4n) is 0.911. The molecule has 0 amide bonds. The maximum Gasteiger partial charge on any atom is 0.227 e. The molecule has 1 rings (SSSR count). The summed E-state index contributed by atoms with van der Waals surface area (Å²) in [6.45, 7) is 0.223. The lowest BCUT2D eigenvalue weighted by atomic mass is 10.4. The minimum absolute atomic E-state index is 0.223. The Bertz CT molecular complexity index is 417. The van der Waals surface area contributed by atoms with Gasteiger partial charge >= 0.3 is 0 Å². The van der Waals surface area contributed by atoms with E-state index in [0.717, 1.165) is 9.87 Å². The molecule has 0 saturated carbocycles. The van der Waals surface area contributed by atoms with Crippen molar-refractivity contribution in [2.75, 3.05) is 12.8 Å². The SMILES string of the molecule is CN(Cc1cn[nH]c1)S(=O)(=O)CC#N. The van der Waals surface area contributed by atoms with Crippen LogP contribution in [0.5, 0.6) is 0 Å². The maximum atomic E-state index is 11.3. The molecule has 76 valence electrons. The van der Waals surface area contributed by atoms with Crippen molar-refractivity contribution in [3.05, 3.63) is 18.0 Å². The highest BCUT2D eigenvalue weighted by atomic mass is 32.2. The van der Waals surface area contributed by atoms with Crippen LogP contribution in [0.3, 0.4) is 0 Å². The highest BCUT2D eigenvalue weighted by Crippen LogP contribution is 2.04. The smallest absolute Gasteiger partial charge is 0.227 e. The number of H-pyrrole nitrogens is 1. The van der Waals surface area contributed by atoms with Crippen LogP contribution in [0.25, 0.3) is 0 Å². The van der Waals surface area contributed by atoms with Crippen LogP contribution in [0.2, 0.25) is 0 Å². The largest absolute Gasteiger partial charge is 0.285 e. The Morgan fingerprint density at radius 2 is 2.43 bits per heavy atom. The maximum absolute atomic E-state index is 11.3. The Kier molecular flexibility index (Phi) is 3.22. The van der Waals surface area contributed by atoms with E-state index in [9.17, 15) is 8.42 Å². The van der Waals surface area contributed by atoms with E-state index in [0.29, 0.717) is 0 Å². The fraction of sp³-hybridized carbons (Fsp3) is 0.429. The Labute approximate surface area is 82.2 Å². The van der Waals surface area contributed by atoms with Gasteiger partial charge in [0.15, 0.2) is 5.75 Å². The van der Waals surface area contributed by atoms with Crippen LogP contribution in [0.15, 0.2) is 12.4 Å².